The second-order valence-electron chi connectivity index (χ2n) is 2.31. The Morgan fingerprint density at radius 2 is 2.00 bits per heavy atom. The highest BCUT2D eigenvalue weighted by Crippen LogP contribution is 1.99. The van der Waals surface area contributed by atoms with E-state index in [0.29, 0.717) is 0 Å². The molecule has 1 rings (SSSR count). The third-order valence-electron chi connectivity index (χ3n) is 1.40. The topological polar surface area (TPSA) is 14.1 Å². The Bertz CT molecular complexity index is 214. The zero-order valence-electron chi connectivity index (χ0n) is 6.70. The summed E-state index contributed by atoms with van der Waals surface area (Å²) < 4.78 is 0. The molecule has 0 bridgehead atoms. The van der Waals surface area contributed by atoms with Crippen LogP contribution in [0.25, 0.3) is 6.08 Å². The molecule has 0 aromatic heterocycles. The maximum Gasteiger partial charge on any atom is 0.0314 e. The Balaban J connectivity index is 2.50. The van der Waals surface area contributed by atoms with Gasteiger partial charge in [0.2, 0.25) is 0 Å². The number of hydrogen-bond acceptors (Lipinski definition) is 0. The Labute approximate surface area is 67.8 Å². The number of rotatable bonds is 3. The highest BCUT2D eigenvalue weighted by Gasteiger charge is 1.80. The largest absolute Gasteiger partial charge is 0.241 e. The van der Waals surface area contributed by atoms with Gasteiger partial charge in [-0.3, -0.25) is 0 Å². The Kier molecular flexibility index (Phi) is 3.42. The molecular weight excluding hydrogens is 134 g/mol. The van der Waals surface area contributed by atoms with Crippen LogP contribution < -0.4 is 5.32 Å². The summed E-state index contributed by atoms with van der Waals surface area (Å²) in [6, 6.07) is 10.2. The van der Waals surface area contributed by atoms with Gasteiger partial charge in [-0.15, -0.1) is 0 Å². The first kappa shape index (κ1) is 8.02. The molecule has 1 heteroatoms. The first-order valence-electron chi connectivity index (χ1n) is 3.70. The molecule has 0 saturated heterocycles. The van der Waals surface area contributed by atoms with Gasteiger partial charge in [-0.05, 0) is 5.56 Å². The molecular formula is C10H12N. The van der Waals surface area contributed by atoms with Crippen LogP contribution >= 0.6 is 0 Å². The number of likely N-dealkylation sites (N-methyl/N-ethyl adjacent to an activating group) is 1. The van der Waals surface area contributed by atoms with Crippen molar-refractivity contribution in [3.8, 4) is 0 Å². The van der Waals surface area contributed by atoms with E-state index in [1.807, 2.05) is 25.2 Å². The number of benzene rings is 1. The summed E-state index contributed by atoms with van der Waals surface area (Å²) >= 11 is 0. The first-order chi connectivity index (χ1) is 5.43. The summed E-state index contributed by atoms with van der Waals surface area (Å²) in [6.07, 6.45) is 4.13. The second kappa shape index (κ2) is 4.69. The van der Waals surface area contributed by atoms with Crippen LogP contribution in [0, 0.1) is 0 Å². The molecule has 0 aliphatic carbocycles. The molecule has 1 radical (unpaired) electrons. The van der Waals surface area contributed by atoms with Gasteiger partial charge in [-0.2, -0.15) is 0 Å². The highest BCUT2D eigenvalue weighted by atomic mass is 14.8. The van der Waals surface area contributed by atoms with Gasteiger partial charge in [0.05, 0.1) is 0 Å². The maximum atomic E-state index is 3.96. The fourth-order valence-electron chi connectivity index (χ4n) is 0.858. The second-order valence-corrected chi connectivity index (χ2v) is 2.31. The van der Waals surface area contributed by atoms with Crippen LogP contribution in [0.4, 0.5) is 0 Å². The van der Waals surface area contributed by atoms with Gasteiger partial charge < -0.3 is 0 Å². The molecule has 1 nitrogen and oxygen atoms in total. The van der Waals surface area contributed by atoms with Gasteiger partial charge >= 0.3 is 0 Å². The van der Waals surface area contributed by atoms with Gasteiger partial charge in [0.1, 0.15) is 0 Å². The first-order valence-corrected chi connectivity index (χ1v) is 3.70. The Morgan fingerprint density at radius 1 is 1.27 bits per heavy atom. The van der Waals surface area contributed by atoms with E-state index in [2.05, 4.69) is 29.6 Å². The molecule has 0 unspecified atom stereocenters. The van der Waals surface area contributed by atoms with Crippen molar-refractivity contribution in [3.63, 3.8) is 0 Å². The summed E-state index contributed by atoms with van der Waals surface area (Å²) in [5, 5.41) is 3.96. The average molecular weight is 146 g/mol. The van der Waals surface area contributed by atoms with E-state index in [1.54, 1.807) is 0 Å². The van der Waals surface area contributed by atoms with Crippen LogP contribution in [0.5, 0.6) is 0 Å². The van der Waals surface area contributed by atoms with Crippen molar-refractivity contribution < 1.29 is 0 Å². The lowest BCUT2D eigenvalue weighted by molar-refractivity contribution is 0.901. The van der Waals surface area contributed by atoms with Crippen molar-refractivity contribution in [2.45, 2.75) is 0 Å². The predicted octanol–water partition coefficient (Wildman–Crippen LogP) is 1.93. The molecule has 1 aromatic rings. The SMILES string of the molecule is C[N]C/C=C/c1ccccc1. The molecule has 11 heavy (non-hydrogen) atoms. The zero-order valence-corrected chi connectivity index (χ0v) is 6.70. The van der Waals surface area contributed by atoms with E-state index in [4.69, 9.17) is 0 Å². The maximum absolute atomic E-state index is 3.96. The van der Waals surface area contributed by atoms with Crippen molar-refractivity contribution in [3.05, 3.63) is 42.0 Å². The molecule has 0 amide bonds. The van der Waals surface area contributed by atoms with E-state index in [1.165, 1.54) is 5.56 Å². The zero-order chi connectivity index (χ0) is 7.94. The summed E-state index contributed by atoms with van der Waals surface area (Å²) in [6.45, 7) is 0.800. The molecule has 0 spiro atoms. The highest BCUT2D eigenvalue weighted by molar-refractivity contribution is 5.48. The van der Waals surface area contributed by atoms with E-state index >= 15 is 0 Å². The van der Waals surface area contributed by atoms with Gasteiger partial charge in [0, 0.05) is 13.6 Å². The average Bonchev–Trinajstić information content (AvgIpc) is 2.07. The van der Waals surface area contributed by atoms with Crippen molar-refractivity contribution >= 4 is 6.08 Å². The van der Waals surface area contributed by atoms with Crippen LogP contribution in [0.2, 0.25) is 0 Å². The minimum atomic E-state index is 0.800. The van der Waals surface area contributed by atoms with Crippen molar-refractivity contribution in [1.29, 1.82) is 0 Å². The third kappa shape index (κ3) is 3.01. The molecule has 0 heterocycles. The molecule has 0 aliphatic rings. The van der Waals surface area contributed by atoms with E-state index < -0.39 is 0 Å². The van der Waals surface area contributed by atoms with Gasteiger partial charge in [-0.1, -0.05) is 42.5 Å². The molecule has 0 saturated carbocycles. The summed E-state index contributed by atoms with van der Waals surface area (Å²) in [4.78, 5) is 0. The minimum Gasteiger partial charge on any atom is -0.241 e. The van der Waals surface area contributed by atoms with Gasteiger partial charge in [-0.25, -0.2) is 5.32 Å². The lowest BCUT2D eigenvalue weighted by Crippen LogP contribution is -1.93. The van der Waals surface area contributed by atoms with Crippen LogP contribution in [-0.2, 0) is 0 Å². The van der Waals surface area contributed by atoms with E-state index in [0.717, 1.165) is 6.54 Å². The Morgan fingerprint density at radius 3 is 2.64 bits per heavy atom. The molecule has 57 valence electrons. The quantitative estimate of drug-likeness (QED) is 0.618. The normalized spacial score (nSPS) is 10.6. The van der Waals surface area contributed by atoms with Crippen LogP contribution in [0.15, 0.2) is 36.4 Å². The predicted molar refractivity (Wildman–Crippen MR) is 48.4 cm³/mol. The summed E-state index contributed by atoms with van der Waals surface area (Å²) in [5.74, 6) is 0. The van der Waals surface area contributed by atoms with Crippen molar-refractivity contribution in [1.82, 2.24) is 5.32 Å². The summed E-state index contributed by atoms with van der Waals surface area (Å²) in [5.41, 5.74) is 1.23. The van der Waals surface area contributed by atoms with Gasteiger partial charge in [0.15, 0.2) is 0 Å². The lowest BCUT2D eigenvalue weighted by Gasteiger charge is -1.89. The van der Waals surface area contributed by atoms with E-state index in [9.17, 15) is 0 Å². The number of nitrogens with zero attached hydrogens (tertiary/aromatic N) is 1. The molecule has 0 aliphatic heterocycles. The molecule has 0 atom stereocenters. The van der Waals surface area contributed by atoms with Crippen LogP contribution in [0.1, 0.15) is 5.56 Å². The van der Waals surface area contributed by atoms with Crippen LogP contribution in [0.3, 0.4) is 0 Å². The molecule has 0 N–H and O–H groups in total. The lowest BCUT2D eigenvalue weighted by atomic mass is 10.2. The fraction of sp³-hybridized carbons (Fsp3) is 0.200. The molecule has 1 aromatic carbocycles. The standard InChI is InChI=1S/C10H12N/c1-11-9-5-8-10-6-3-2-4-7-10/h2-8H,9H2,1H3/b8-5+. The van der Waals surface area contributed by atoms with Crippen molar-refractivity contribution in [2.24, 2.45) is 0 Å². The molecule has 0 fully saturated rings. The smallest absolute Gasteiger partial charge is 0.0314 e. The third-order valence-corrected chi connectivity index (χ3v) is 1.40. The van der Waals surface area contributed by atoms with E-state index in [-0.39, 0.29) is 0 Å². The van der Waals surface area contributed by atoms with Crippen molar-refractivity contribution in [2.75, 3.05) is 13.6 Å². The minimum absolute atomic E-state index is 0.800. The fourth-order valence-corrected chi connectivity index (χ4v) is 0.858. The van der Waals surface area contributed by atoms with Crippen LogP contribution in [-0.4, -0.2) is 13.6 Å². The summed E-state index contributed by atoms with van der Waals surface area (Å²) in [7, 11) is 1.81. The van der Waals surface area contributed by atoms with Gasteiger partial charge in [0.25, 0.3) is 0 Å². The monoisotopic (exact) mass is 146 g/mol. The number of hydrogen-bond donors (Lipinski definition) is 0. The Hall–Kier alpha value is -1.08.